The molecule has 0 aliphatic rings. The third-order valence-corrected chi connectivity index (χ3v) is 2.65. The summed E-state index contributed by atoms with van der Waals surface area (Å²) in [5, 5.41) is 9.02. The van der Waals surface area contributed by atoms with E-state index in [1.54, 1.807) is 6.20 Å². The van der Waals surface area contributed by atoms with Crippen molar-refractivity contribution in [2.45, 2.75) is 20.4 Å². The summed E-state index contributed by atoms with van der Waals surface area (Å²) in [4.78, 5) is 6.25. The highest BCUT2D eigenvalue weighted by Crippen LogP contribution is 2.12. The molecule has 3 nitrogen and oxygen atoms in total. The Hall–Kier alpha value is -1.40. The van der Waals surface area contributed by atoms with Crippen LogP contribution < -0.4 is 0 Å². The highest BCUT2D eigenvalue weighted by atomic mass is 15.1. The van der Waals surface area contributed by atoms with E-state index in [9.17, 15) is 0 Å². The molecule has 0 bridgehead atoms. The number of nitriles is 1. The van der Waals surface area contributed by atoms with E-state index in [1.165, 1.54) is 5.56 Å². The minimum absolute atomic E-state index is 0.0988. The van der Waals surface area contributed by atoms with Crippen LogP contribution in [0.3, 0.4) is 0 Å². The van der Waals surface area contributed by atoms with E-state index in [-0.39, 0.29) is 5.92 Å². The van der Waals surface area contributed by atoms with E-state index in [0.717, 1.165) is 13.1 Å². The van der Waals surface area contributed by atoms with Crippen molar-refractivity contribution in [3.05, 3.63) is 30.1 Å². The molecule has 0 aliphatic carbocycles. The van der Waals surface area contributed by atoms with Gasteiger partial charge in [0.2, 0.25) is 0 Å². The molecule has 1 heterocycles. The summed E-state index contributed by atoms with van der Waals surface area (Å²) in [5.41, 5.74) is 1.19. The Labute approximate surface area is 97.7 Å². The zero-order valence-corrected chi connectivity index (χ0v) is 10.2. The maximum Gasteiger partial charge on any atom is 0.0672 e. The van der Waals surface area contributed by atoms with Crippen molar-refractivity contribution in [3.8, 4) is 6.07 Å². The highest BCUT2D eigenvalue weighted by Gasteiger charge is 2.14. The number of rotatable bonds is 5. The monoisotopic (exact) mass is 217 g/mol. The maximum atomic E-state index is 9.02. The summed E-state index contributed by atoms with van der Waals surface area (Å²) in [6.07, 6.45) is 3.64. The predicted octanol–water partition coefficient (Wildman–Crippen LogP) is 2.31. The minimum Gasteiger partial charge on any atom is -0.301 e. The van der Waals surface area contributed by atoms with Crippen molar-refractivity contribution in [2.24, 2.45) is 11.8 Å². The predicted molar refractivity (Wildman–Crippen MR) is 64.5 cm³/mol. The molecule has 1 rings (SSSR count). The topological polar surface area (TPSA) is 39.9 Å². The van der Waals surface area contributed by atoms with Crippen LogP contribution >= 0.6 is 0 Å². The highest BCUT2D eigenvalue weighted by molar-refractivity contribution is 5.08. The van der Waals surface area contributed by atoms with Gasteiger partial charge in [-0.2, -0.15) is 5.26 Å². The lowest BCUT2D eigenvalue weighted by molar-refractivity contribution is 0.265. The molecule has 0 saturated heterocycles. The first-order chi connectivity index (χ1) is 7.63. The quantitative estimate of drug-likeness (QED) is 0.759. The molecule has 1 aromatic rings. The van der Waals surface area contributed by atoms with Gasteiger partial charge >= 0.3 is 0 Å². The number of nitrogens with zero attached hydrogens (tertiary/aromatic N) is 3. The lowest BCUT2D eigenvalue weighted by Gasteiger charge is -2.21. The van der Waals surface area contributed by atoms with Gasteiger partial charge in [-0.25, -0.2) is 0 Å². The molecule has 0 fully saturated rings. The fourth-order valence-corrected chi connectivity index (χ4v) is 1.60. The van der Waals surface area contributed by atoms with Gasteiger partial charge in [0.15, 0.2) is 0 Å². The third-order valence-electron chi connectivity index (χ3n) is 2.65. The van der Waals surface area contributed by atoms with Crippen molar-refractivity contribution in [1.29, 1.82) is 5.26 Å². The van der Waals surface area contributed by atoms with Crippen molar-refractivity contribution >= 4 is 0 Å². The molecule has 0 N–H and O–H groups in total. The van der Waals surface area contributed by atoms with E-state index in [1.807, 2.05) is 19.3 Å². The van der Waals surface area contributed by atoms with Crippen LogP contribution in [0.25, 0.3) is 0 Å². The van der Waals surface area contributed by atoms with Crippen molar-refractivity contribution in [3.63, 3.8) is 0 Å². The van der Waals surface area contributed by atoms with Crippen LogP contribution in [-0.4, -0.2) is 23.5 Å². The third kappa shape index (κ3) is 4.00. The van der Waals surface area contributed by atoms with Gasteiger partial charge in [-0.05, 0) is 24.6 Å². The van der Waals surface area contributed by atoms with Crippen LogP contribution in [0.4, 0.5) is 0 Å². The Bertz CT molecular complexity index is 340. The summed E-state index contributed by atoms with van der Waals surface area (Å²) in [6.45, 7) is 5.83. The fraction of sp³-hybridized carbons (Fsp3) is 0.538. The zero-order valence-electron chi connectivity index (χ0n) is 10.2. The minimum atomic E-state index is 0.0988. The average molecular weight is 217 g/mol. The van der Waals surface area contributed by atoms with Gasteiger partial charge in [-0.1, -0.05) is 19.9 Å². The second-order valence-electron chi connectivity index (χ2n) is 4.54. The molecule has 0 radical (unpaired) electrons. The van der Waals surface area contributed by atoms with Crippen LogP contribution in [0.15, 0.2) is 24.5 Å². The van der Waals surface area contributed by atoms with Gasteiger partial charge in [-0.15, -0.1) is 0 Å². The number of hydrogen-bond acceptors (Lipinski definition) is 3. The first-order valence-electron chi connectivity index (χ1n) is 5.60. The number of hydrogen-bond donors (Lipinski definition) is 0. The number of pyridine rings is 1. The molecule has 0 aromatic carbocycles. The molecule has 1 aromatic heterocycles. The van der Waals surface area contributed by atoms with Crippen LogP contribution in [0.1, 0.15) is 19.4 Å². The number of aromatic nitrogens is 1. The van der Waals surface area contributed by atoms with Crippen LogP contribution in [0, 0.1) is 23.2 Å². The summed E-state index contributed by atoms with van der Waals surface area (Å²) in [7, 11) is 2.04. The van der Waals surface area contributed by atoms with E-state index < -0.39 is 0 Å². The molecule has 86 valence electrons. The average Bonchev–Trinajstić information content (AvgIpc) is 2.27. The Balaban J connectivity index is 2.48. The molecular formula is C13H19N3. The Kier molecular flexibility index (Phi) is 4.94. The van der Waals surface area contributed by atoms with Gasteiger partial charge in [0.1, 0.15) is 0 Å². The second-order valence-corrected chi connectivity index (χ2v) is 4.54. The molecular weight excluding hydrogens is 198 g/mol. The van der Waals surface area contributed by atoms with Crippen LogP contribution in [-0.2, 0) is 6.54 Å². The second kappa shape index (κ2) is 6.24. The van der Waals surface area contributed by atoms with Gasteiger partial charge < -0.3 is 4.90 Å². The van der Waals surface area contributed by atoms with E-state index in [2.05, 4.69) is 35.9 Å². The lowest BCUT2D eigenvalue weighted by atomic mass is 9.97. The Morgan fingerprint density at radius 3 is 2.75 bits per heavy atom. The van der Waals surface area contributed by atoms with Gasteiger partial charge in [0.25, 0.3) is 0 Å². The summed E-state index contributed by atoms with van der Waals surface area (Å²) < 4.78 is 0. The zero-order chi connectivity index (χ0) is 12.0. The Morgan fingerprint density at radius 1 is 1.50 bits per heavy atom. The largest absolute Gasteiger partial charge is 0.301 e. The van der Waals surface area contributed by atoms with Crippen molar-refractivity contribution in [2.75, 3.05) is 13.6 Å². The van der Waals surface area contributed by atoms with E-state index in [0.29, 0.717) is 5.92 Å². The maximum absolute atomic E-state index is 9.02. The molecule has 0 spiro atoms. The van der Waals surface area contributed by atoms with E-state index >= 15 is 0 Å². The van der Waals surface area contributed by atoms with E-state index in [4.69, 9.17) is 5.26 Å². The Morgan fingerprint density at radius 2 is 2.25 bits per heavy atom. The normalized spacial score (nSPS) is 12.8. The van der Waals surface area contributed by atoms with Crippen molar-refractivity contribution < 1.29 is 0 Å². The van der Waals surface area contributed by atoms with Crippen molar-refractivity contribution in [1.82, 2.24) is 9.88 Å². The smallest absolute Gasteiger partial charge is 0.0672 e. The first-order valence-corrected chi connectivity index (χ1v) is 5.60. The standard InChI is InChI=1S/C13H19N3/c1-11(2)13(7-14)10-16(3)9-12-5-4-6-15-8-12/h4-6,8,11,13H,9-10H2,1-3H3. The summed E-state index contributed by atoms with van der Waals surface area (Å²) >= 11 is 0. The molecule has 3 heteroatoms. The first kappa shape index (κ1) is 12.7. The van der Waals surface area contributed by atoms with Gasteiger partial charge in [-0.3, -0.25) is 4.98 Å². The fourth-order valence-electron chi connectivity index (χ4n) is 1.60. The SMILES string of the molecule is CC(C)C(C#N)CN(C)Cc1cccnc1. The molecule has 1 unspecified atom stereocenters. The molecule has 0 aliphatic heterocycles. The molecule has 0 saturated carbocycles. The lowest BCUT2D eigenvalue weighted by Crippen LogP contribution is -2.27. The molecule has 16 heavy (non-hydrogen) atoms. The summed E-state index contributed by atoms with van der Waals surface area (Å²) in [6, 6.07) is 6.35. The van der Waals surface area contributed by atoms with Gasteiger partial charge in [0.05, 0.1) is 12.0 Å². The molecule has 0 amide bonds. The molecule has 1 atom stereocenters. The van der Waals surface area contributed by atoms with Gasteiger partial charge in [0, 0.05) is 25.5 Å². The van der Waals surface area contributed by atoms with Crippen LogP contribution in [0.2, 0.25) is 0 Å². The summed E-state index contributed by atoms with van der Waals surface area (Å²) in [5.74, 6) is 0.503. The van der Waals surface area contributed by atoms with Crippen LogP contribution in [0.5, 0.6) is 0 Å².